The molecule has 14 aromatic rings. The molecule has 690 valence electrons. The van der Waals surface area contributed by atoms with E-state index in [-0.39, 0.29) is 80.5 Å². The summed E-state index contributed by atoms with van der Waals surface area (Å²) < 4.78 is 28.7. The SMILES string of the molecule is CC(C)OC(=O)c1c(-c2ccc3c(c2)OCO3)csc1N.CCCc1ccc(C(CC(=O)O)Cc2nc3ccc(I)cc3[nH]2)cc1.Cc1ccc(-c2csc(N)c2C(=O)OC(C)C)cc1.Cc1ccc(-c2csc(N)c2C(=O)OC(C)C)cc1C.O=C(O)CC(CC(=O)Nc1ccc(Cl)cc1)c1ccc(Cl)cc1.O=C(O)CC(Cc1nc2ccc(I)cc2[nH]1)c1ccc(Cl)c(Cl)c1. The Kier molecular flexibility index (Phi) is 38.3. The summed E-state index contributed by atoms with van der Waals surface area (Å²) >= 11 is 32.2. The molecule has 3 unspecified atom stereocenters. The Hall–Kier alpha value is -11.1. The van der Waals surface area contributed by atoms with Crippen LogP contribution >= 0.6 is 126 Å². The molecule has 6 heterocycles. The summed E-state index contributed by atoms with van der Waals surface area (Å²) in [5, 5.41) is 39.5. The number of ether oxygens (including phenoxy) is 5. The van der Waals surface area contributed by atoms with Crippen molar-refractivity contribution in [3.8, 4) is 44.9 Å². The van der Waals surface area contributed by atoms with Gasteiger partial charge in [0.05, 0.1) is 69.7 Å². The molecule has 9 aromatic carbocycles. The van der Waals surface area contributed by atoms with Crippen LogP contribution in [-0.4, -0.2) is 102 Å². The van der Waals surface area contributed by atoms with E-state index < -0.39 is 29.8 Å². The Bertz CT molecular complexity index is 6360. The predicted molar refractivity (Wildman–Crippen MR) is 548 cm³/mol. The lowest BCUT2D eigenvalue weighted by Gasteiger charge is -2.15. The number of rotatable bonds is 27. The number of aliphatic carboxylic acids is 3. The summed E-state index contributed by atoms with van der Waals surface area (Å²) in [7, 11) is 0. The first kappa shape index (κ1) is 103. The van der Waals surface area contributed by atoms with Crippen molar-refractivity contribution in [2.45, 2.75) is 157 Å². The van der Waals surface area contributed by atoms with Crippen LogP contribution < -0.4 is 32.0 Å². The minimum absolute atomic E-state index is 0.00740. The van der Waals surface area contributed by atoms with Gasteiger partial charge >= 0.3 is 35.8 Å². The molecule has 132 heavy (non-hydrogen) atoms. The van der Waals surface area contributed by atoms with Crippen molar-refractivity contribution in [2.75, 3.05) is 29.3 Å². The number of aromatic amines is 2. The van der Waals surface area contributed by atoms with Gasteiger partial charge in [-0.15, -0.1) is 34.0 Å². The number of nitrogen functional groups attached to an aromatic ring is 3. The number of nitrogens with zero attached hydrogens (tertiary/aromatic N) is 2. The maximum Gasteiger partial charge on any atom is 0.342 e. The first-order valence-corrected chi connectivity index (χ1v) is 48.2. The Balaban J connectivity index is 0.000000165. The number of amides is 1. The molecule has 23 nitrogen and oxygen atoms in total. The highest BCUT2D eigenvalue weighted by molar-refractivity contribution is 14.1. The van der Waals surface area contributed by atoms with Crippen LogP contribution in [0.2, 0.25) is 20.1 Å². The zero-order valence-electron chi connectivity index (χ0n) is 73.8. The van der Waals surface area contributed by atoms with Crippen molar-refractivity contribution in [1.82, 2.24) is 19.9 Å². The number of imidazole rings is 2. The summed E-state index contributed by atoms with van der Waals surface area (Å²) in [4.78, 5) is 98.1. The molecule has 0 spiro atoms. The number of carboxylic acid groups (broad SMARTS) is 3. The summed E-state index contributed by atoms with van der Waals surface area (Å²) in [5.41, 5.74) is 36.3. The molecule has 1 aliphatic heterocycles. The monoisotopic (exact) mass is 2140 g/mol. The van der Waals surface area contributed by atoms with Crippen molar-refractivity contribution in [2.24, 2.45) is 0 Å². The number of carboxylic acids is 3. The zero-order chi connectivity index (χ0) is 95.7. The minimum atomic E-state index is -0.954. The average molecular weight is 2150 g/mol. The Morgan fingerprint density at radius 1 is 0.462 bits per heavy atom. The first-order chi connectivity index (χ1) is 62.8. The van der Waals surface area contributed by atoms with Gasteiger partial charge in [0.25, 0.3) is 0 Å². The molecule has 0 bridgehead atoms. The number of benzene rings is 9. The van der Waals surface area contributed by atoms with Crippen LogP contribution in [0.15, 0.2) is 204 Å². The van der Waals surface area contributed by atoms with Gasteiger partial charge in [-0.2, -0.15) is 0 Å². The number of aryl methyl sites for hydroxylation is 4. The number of anilines is 4. The number of carbonyl (C=O) groups excluding carboxylic acids is 4. The van der Waals surface area contributed by atoms with E-state index in [0.717, 1.165) is 104 Å². The van der Waals surface area contributed by atoms with Crippen LogP contribution in [0, 0.1) is 27.9 Å². The standard InChI is InChI=1S/C20H21IN2O2.C17H13Cl2IN2O2.C17H15Cl2NO3.C16H19NO2S.C15H15NO4S.C15H17NO2S/c1-2-3-13-4-6-14(7-5-13)15(11-20(24)25)10-19-22-17-9-8-16(21)12-18(17)23-19;18-12-3-1-9(5-13(12)19)10(7-17(23)24)6-16-21-14-4-2-11(20)8-15(14)22-16;18-13-3-1-11(2-4-13)12(10-17(22)23)9-16(21)20-15-7-5-14(19)6-8-15;1-9(2)19-16(18)14-13(8-20-15(14)17)12-6-5-10(3)11(4)7-12;1-8(2)20-15(17)13-10(6-21-14(13)16)9-3-4-11-12(5-9)19-7-18-11;1-9(2)18-15(17)13-12(8-19-14(13)16)11-6-4-10(3)5-7-11/h4-9,12,15H,2-3,10-11H2,1H3,(H,22,23)(H,24,25);1-5,8,10H,6-7H2,(H,21,22)(H,23,24);1-8,12H,9-10H2,(H,20,21)(H,22,23);5-9H,17H2,1-4H3;3-6,8H,7,16H2,1-2H3;4-9H,16H2,1-3H3. The number of carbonyl (C=O) groups is 7. The van der Waals surface area contributed by atoms with Gasteiger partial charge in [-0.25, -0.2) is 24.4 Å². The van der Waals surface area contributed by atoms with E-state index in [1.807, 2.05) is 136 Å². The maximum absolute atomic E-state index is 12.2. The number of fused-ring (bicyclic) bond motifs is 3. The van der Waals surface area contributed by atoms with E-state index in [1.165, 1.54) is 56.3 Å². The number of hydrogen-bond donors (Lipinski definition) is 9. The van der Waals surface area contributed by atoms with Gasteiger partial charge in [0, 0.05) is 92.7 Å². The number of thiophene rings is 3. The average Bonchev–Trinajstić information content (AvgIpc) is 1.63. The molecular formula is C100H100Cl4I2N8O15S3. The van der Waals surface area contributed by atoms with Gasteiger partial charge in [-0.1, -0.05) is 156 Å². The molecule has 1 aliphatic rings. The van der Waals surface area contributed by atoms with Crippen LogP contribution in [0.1, 0.15) is 180 Å². The van der Waals surface area contributed by atoms with Crippen LogP contribution in [0.25, 0.3) is 55.4 Å². The molecule has 12 N–H and O–H groups in total. The first-order valence-electron chi connectivity index (χ1n) is 41.9. The lowest BCUT2D eigenvalue weighted by Crippen LogP contribution is -2.17. The summed E-state index contributed by atoms with van der Waals surface area (Å²) in [5.74, 6) is -1.77. The molecule has 15 rings (SSSR count). The molecule has 0 radical (unpaired) electrons. The molecule has 5 aromatic heterocycles. The molecule has 0 aliphatic carbocycles. The van der Waals surface area contributed by atoms with E-state index in [1.54, 1.807) is 74.5 Å². The Morgan fingerprint density at radius 3 is 1.34 bits per heavy atom. The summed E-state index contributed by atoms with van der Waals surface area (Å²) in [6, 6.07) is 58.8. The van der Waals surface area contributed by atoms with Crippen LogP contribution in [0.4, 0.5) is 20.7 Å². The second kappa shape index (κ2) is 49.1. The second-order valence-corrected chi connectivity index (χ2v) is 38.6. The number of aromatic nitrogens is 4. The number of nitrogens with two attached hydrogens (primary N) is 3. The third kappa shape index (κ3) is 30.2. The molecule has 0 saturated heterocycles. The van der Waals surface area contributed by atoms with Gasteiger partial charge in [0.1, 0.15) is 43.3 Å². The third-order valence-electron chi connectivity index (χ3n) is 20.4. The van der Waals surface area contributed by atoms with E-state index in [0.29, 0.717) is 81.8 Å². The number of esters is 3. The fraction of sp³-hybridized carbons (Fsp3) is 0.250. The zero-order valence-corrected chi connectivity index (χ0v) is 83.6. The van der Waals surface area contributed by atoms with Crippen molar-refractivity contribution >= 4 is 210 Å². The summed E-state index contributed by atoms with van der Waals surface area (Å²) in [6.07, 6.45) is 2.75. The van der Waals surface area contributed by atoms with E-state index in [9.17, 15) is 43.8 Å². The number of H-pyrrole nitrogens is 2. The van der Waals surface area contributed by atoms with Gasteiger partial charge in [-0.05, 0) is 261 Å². The third-order valence-corrected chi connectivity index (χ3v) is 25.4. The number of halogens is 6. The maximum atomic E-state index is 12.2. The molecule has 3 atom stereocenters. The van der Waals surface area contributed by atoms with Crippen molar-refractivity contribution in [3.63, 3.8) is 0 Å². The fourth-order valence-corrected chi connectivity index (χ4v) is 17.9. The van der Waals surface area contributed by atoms with E-state index >= 15 is 0 Å². The fourth-order valence-electron chi connectivity index (χ4n) is 13.9. The lowest BCUT2D eigenvalue weighted by atomic mass is 9.91. The second-order valence-electron chi connectivity index (χ2n) is 31.7. The van der Waals surface area contributed by atoms with Crippen molar-refractivity contribution in [3.05, 3.63) is 299 Å². The number of nitrogens with one attached hydrogen (secondary N) is 3. The van der Waals surface area contributed by atoms with E-state index in [4.69, 9.17) is 92.4 Å². The molecule has 0 saturated carbocycles. The largest absolute Gasteiger partial charge is 0.481 e. The minimum Gasteiger partial charge on any atom is -0.481 e. The highest BCUT2D eigenvalue weighted by atomic mass is 127. The topological polar surface area (TPSA) is 374 Å². The van der Waals surface area contributed by atoms with Crippen molar-refractivity contribution in [1.29, 1.82) is 0 Å². The van der Waals surface area contributed by atoms with Gasteiger partial charge in [0.15, 0.2) is 11.5 Å². The quantitative estimate of drug-likeness (QED) is 0.0131. The van der Waals surface area contributed by atoms with Gasteiger partial charge < -0.3 is 71.5 Å². The smallest absolute Gasteiger partial charge is 0.342 e. The normalized spacial score (nSPS) is 11.9. The molecule has 1 amide bonds. The van der Waals surface area contributed by atoms with Gasteiger partial charge in [0.2, 0.25) is 12.7 Å². The molecule has 0 fully saturated rings. The van der Waals surface area contributed by atoms with Crippen LogP contribution in [0.3, 0.4) is 0 Å². The van der Waals surface area contributed by atoms with Crippen LogP contribution in [-0.2, 0) is 52.7 Å². The highest BCUT2D eigenvalue weighted by Crippen LogP contribution is 2.42. The van der Waals surface area contributed by atoms with Crippen LogP contribution in [0.5, 0.6) is 11.5 Å². The predicted octanol–water partition coefficient (Wildman–Crippen LogP) is 26.1. The van der Waals surface area contributed by atoms with E-state index in [2.05, 4.69) is 134 Å². The van der Waals surface area contributed by atoms with Gasteiger partial charge in [-0.3, -0.25) is 19.2 Å². The van der Waals surface area contributed by atoms with Crippen molar-refractivity contribution < 1.29 is 72.6 Å². The number of hydrogen-bond acceptors (Lipinski definition) is 20. The Labute approximate surface area is 824 Å². The highest BCUT2D eigenvalue weighted by Gasteiger charge is 2.28. The summed E-state index contributed by atoms with van der Waals surface area (Å²) in [6.45, 7) is 19.4. The Morgan fingerprint density at radius 2 is 0.879 bits per heavy atom. The molecular weight excluding hydrogens is 2040 g/mol. The lowest BCUT2D eigenvalue weighted by molar-refractivity contribution is -0.138. The molecule has 32 heteroatoms.